The molecule has 0 spiro atoms. The number of hydrogen-bond acceptors (Lipinski definition) is 2. The summed E-state index contributed by atoms with van der Waals surface area (Å²) < 4.78 is 19.4. The fourth-order valence-electron chi connectivity index (χ4n) is 2.34. The minimum absolute atomic E-state index is 0.196. The predicted molar refractivity (Wildman–Crippen MR) is 85.1 cm³/mol. The van der Waals surface area contributed by atoms with Crippen molar-refractivity contribution in [2.24, 2.45) is 0 Å². The van der Waals surface area contributed by atoms with Gasteiger partial charge in [-0.1, -0.05) is 24.6 Å². The van der Waals surface area contributed by atoms with Crippen LogP contribution in [-0.4, -0.2) is 13.7 Å². The number of benzene rings is 2. The maximum atomic E-state index is 14.0. The van der Waals surface area contributed by atoms with Crippen LogP contribution in [0.3, 0.4) is 0 Å². The molecular weight excluding hydrogens is 265 g/mol. The van der Waals surface area contributed by atoms with Crippen molar-refractivity contribution in [3.8, 4) is 16.9 Å². The van der Waals surface area contributed by atoms with Crippen LogP contribution in [0.4, 0.5) is 4.39 Å². The molecular formula is C18H22FNO. The summed E-state index contributed by atoms with van der Waals surface area (Å²) in [6, 6.07) is 11.0. The first-order chi connectivity index (χ1) is 10.2. The van der Waals surface area contributed by atoms with Crippen LogP contribution in [0.2, 0.25) is 0 Å². The third-order valence-electron chi connectivity index (χ3n) is 3.46. The van der Waals surface area contributed by atoms with Crippen LogP contribution >= 0.6 is 0 Å². The largest absolute Gasteiger partial charge is 0.496 e. The van der Waals surface area contributed by atoms with Crippen LogP contribution in [-0.2, 0) is 6.54 Å². The van der Waals surface area contributed by atoms with Gasteiger partial charge in [0.15, 0.2) is 0 Å². The van der Waals surface area contributed by atoms with Gasteiger partial charge in [0.2, 0.25) is 0 Å². The Balaban J connectivity index is 2.36. The highest BCUT2D eigenvalue weighted by molar-refractivity contribution is 5.67. The van der Waals surface area contributed by atoms with E-state index in [9.17, 15) is 4.39 Å². The van der Waals surface area contributed by atoms with Gasteiger partial charge in [-0.25, -0.2) is 4.39 Å². The van der Waals surface area contributed by atoms with Gasteiger partial charge >= 0.3 is 0 Å². The van der Waals surface area contributed by atoms with Crippen molar-refractivity contribution < 1.29 is 9.13 Å². The molecule has 1 N–H and O–H groups in total. The third kappa shape index (κ3) is 3.82. The van der Waals surface area contributed by atoms with Crippen LogP contribution in [0.25, 0.3) is 11.1 Å². The predicted octanol–water partition coefficient (Wildman–Crippen LogP) is 4.31. The second-order valence-electron chi connectivity index (χ2n) is 5.19. The van der Waals surface area contributed by atoms with Crippen molar-refractivity contribution in [3.63, 3.8) is 0 Å². The molecule has 0 unspecified atom stereocenters. The van der Waals surface area contributed by atoms with Crippen molar-refractivity contribution in [1.29, 1.82) is 0 Å². The van der Waals surface area contributed by atoms with Crippen LogP contribution in [0.5, 0.6) is 5.75 Å². The first-order valence-electron chi connectivity index (χ1n) is 7.30. The Kier molecular flexibility index (Phi) is 5.34. The molecule has 3 heteroatoms. The Labute approximate surface area is 126 Å². The van der Waals surface area contributed by atoms with E-state index in [1.54, 1.807) is 13.2 Å². The van der Waals surface area contributed by atoms with Gasteiger partial charge in [-0.3, -0.25) is 0 Å². The molecule has 0 radical (unpaired) electrons. The molecule has 0 atom stereocenters. The second-order valence-corrected chi connectivity index (χ2v) is 5.19. The van der Waals surface area contributed by atoms with Crippen molar-refractivity contribution in [1.82, 2.24) is 5.32 Å². The number of rotatable bonds is 6. The Hall–Kier alpha value is -1.87. The molecule has 2 aromatic rings. The molecule has 0 bridgehead atoms. The lowest BCUT2D eigenvalue weighted by molar-refractivity contribution is 0.408. The highest BCUT2D eigenvalue weighted by atomic mass is 19.1. The van der Waals surface area contributed by atoms with E-state index in [0.29, 0.717) is 5.56 Å². The van der Waals surface area contributed by atoms with E-state index < -0.39 is 0 Å². The van der Waals surface area contributed by atoms with Gasteiger partial charge in [0.05, 0.1) is 7.11 Å². The zero-order valence-corrected chi connectivity index (χ0v) is 12.9. The molecule has 0 fully saturated rings. The molecule has 0 saturated heterocycles. The first-order valence-corrected chi connectivity index (χ1v) is 7.30. The Morgan fingerprint density at radius 2 is 1.95 bits per heavy atom. The summed E-state index contributed by atoms with van der Waals surface area (Å²) in [4.78, 5) is 0. The summed E-state index contributed by atoms with van der Waals surface area (Å²) in [6.45, 7) is 5.77. The highest BCUT2D eigenvalue weighted by Gasteiger charge is 2.09. The number of halogens is 1. The van der Waals surface area contributed by atoms with Crippen molar-refractivity contribution in [2.45, 2.75) is 26.8 Å². The van der Waals surface area contributed by atoms with E-state index in [1.807, 2.05) is 31.2 Å². The van der Waals surface area contributed by atoms with E-state index in [0.717, 1.165) is 42.0 Å². The molecule has 21 heavy (non-hydrogen) atoms. The molecule has 0 heterocycles. The highest BCUT2D eigenvalue weighted by Crippen LogP contribution is 2.29. The second kappa shape index (κ2) is 7.23. The zero-order chi connectivity index (χ0) is 15.2. The van der Waals surface area contributed by atoms with Crippen LogP contribution < -0.4 is 10.1 Å². The van der Waals surface area contributed by atoms with E-state index >= 15 is 0 Å². The molecule has 2 nitrogen and oxygen atoms in total. The topological polar surface area (TPSA) is 21.3 Å². The molecule has 0 aliphatic heterocycles. The van der Waals surface area contributed by atoms with Gasteiger partial charge in [0.1, 0.15) is 11.6 Å². The Morgan fingerprint density at radius 3 is 2.67 bits per heavy atom. The molecule has 0 aromatic heterocycles. The average molecular weight is 287 g/mol. The Morgan fingerprint density at radius 1 is 1.14 bits per heavy atom. The smallest absolute Gasteiger partial charge is 0.131 e. The quantitative estimate of drug-likeness (QED) is 0.799. The van der Waals surface area contributed by atoms with E-state index in [-0.39, 0.29) is 5.82 Å². The van der Waals surface area contributed by atoms with E-state index in [4.69, 9.17) is 4.74 Å². The van der Waals surface area contributed by atoms with Gasteiger partial charge in [-0.2, -0.15) is 0 Å². The van der Waals surface area contributed by atoms with Gasteiger partial charge in [-0.05, 0) is 49.7 Å². The maximum absolute atomic E-state index is 14.0. The summed E-state index contributed by atoms with van der Waals surface area (Å²) in [5, 5.41) is 3.36. The van der Waals surface area contributed by atoms with E-state index in [2.05, 4.69) is 12.2 Å². The summed E-state index contributed by atoms with van der Waals surface area (Å²) >= 11 is 0. The molecule has 2 aromatic carbocycles. The van der Waals surface area contributed by atoms with Crippen LogP contribution in [0.1, 0.15) is 24.5 Å². The standard InChI is InChI=1S/C18H22FNO/c1-4-9-20-12-15-11-14(6-8-18(15)21-3)16-10-13(2)5-7-17(16)19/h5-8,10-11,20H,4,9,12H2,1-3H3. The average Bonchev–Trinajstić information content (AvgIpc) is 2.50. The Bertz CT molecular complexity index is 610. The lowest BCUT2D eigenvalue weighted by Gasteiger charge is -2.12. The normalized spacial score (nSPS) is 10.7. The van der Waals surface area contributed by atoms with Gasteiger partial charge in [-0.15, -0.1) is 0 Å². The molecule has 2 rings (SSSR count). The van der Waals surface area contributed by atoms with Crippen molar-refractivity contribution in [2.75, 3.05) is 13.7 Å². The number of methoxy groups -OCH3 is 1. The minimum atomic E-state index is -0.196. The first kappa shape index (κ1) is 15.5. The van der Waals surface area contributed by atoms with Gasteiger partial charge in [0, 0.05) is 17.7 Å². The van der Waals surface area contributed by atoms with Crippen LogP contribution in [0.15, 0.2) is 36.4 Å². The van der Waals surface area contributed by atoms with Gasteiger partial charge in [0.25, 0.3) is 0 Å². The fourth-order valence-corrected chi connectivity index (χ4v) is 2.34. The fraction of sp³-hybridized carbons (Fsp3) is 0.333. The lowest BCUT2D eigenvalue weighted by Crippen LogP contribution is -2.14. The molecule has 0 aliphatic rings. The SMILES string of the molecule is CCCNCc1cc(-c2cc(C)ccc2F)ccc1OC. The minimum Gasteiger partial charge on any atom is -0.496 e. The molecule has 0 saturated carbocycles. The number of aryl methyl sites for hydroxylation is 1. The molecule has 112 valence electrons. The monoisotopic (exact) mass is 287 g/mol. The summed E-state index contributed by atoms with van der Waals surface area (Å²) in [5.41, 5.74) is 3.61. The number of ether oxygens (including phenoxy) is 1. The summed E-state index contributed by atoms with van der Waals surface area (Å²) in [7, 11) is 1.66. The zero-order valence-electron chi connectivity index (χ0n) is 12.9. The number of hydrogen-bond donors (Lipinski definition) is 1. The summed E-state index contributed by atoms with van der Waals surface area (Å²) in [5.74, 6) is 0.633. The summed E-state index contributed by atoms with van der Waals surface area (Å²) in [6.07, 6.45) is 1.08. The van der Waals surface area contributed by atoms with Crippen molar-refractivity contribution >= 4 is 0 Å². The molecule has 0 aliphatic carbocycles. The van der Waals surface area contributed by atoms with Crippen molar-refractivity contribution in [3.05, 3.63) is 53.3 Å². The lowest BCUT2D eigenvalue weighted by atomic mass is 10.00. The maximum Gasteiger partial charge on any atom is 0.131 e. The third-order valence-corrected chi connectivity index (χ3v) is 3.46. The van der Waals surface area contributed by atoms with E-state index in [1.165, 1.54) is 6.07 Å². The van der Waals surface area contributed by atoms with Gasteiger partial charge < -0.3 is 10.1 Å². The number of nitrogens with one attached hydrogen (secondary N) is 1. The molecule has 0 amide bonds. The van der Waals surface area contributed by atoms with Crippen LogP contribution in [0, 0.1) is 12.7 Å².